The summed E-state index contributed by atoms with van der Waals surface area (Å²) >= 11 is 0. The molecule has 0 bridgehead atoms. The minimum atomic E-state index is 0.0687. The van der Waals surface area contributed by atoms with Gasteiger partial charge in [0.05, 0.1) is 6.57 Å². The summed E-state index contributed by atoms with van der Waals surface area (Å²) in [6, 6.07) is 5.91. The van der Waals surface area contributed by atoms with E-state index in [2.05, 4.69) is 18.7 Å². The minimum absolute atomic E-state index is 0.0687. The molecule has 72 valence electrons. The van der Waals surface area contributed by atoms with Crippen LogP contribution < -0.4 is 5.73 Å². The van der Waals surface area contributed by atoms with Crippen molar-refractivity contribution in [3.05, 3.63) is 40.7 Å². The molecule has 0 saturated heterocycles. The van der Waals surface area contributed by atoms with Crippen LogP contribution in [0.5, 0.6) is 0 Å². The van der Waals surface area contributed by atoms with Crippen LogP contribution in [0.3, 0.4) is 0 Å². The Morgan fingerprint density at radius 3 is 2.86 bits per heavy atom. The minimum Gasteiger partial charge on any atom is -0.324 e. The first kappa shape index (κ1) is 9.23. The van der Waals surface area contributed by atoms with Crippen molar-refractivity contribution in [2.45, 2.75) is 26.3 Å². The largest absolute Gasteiger partial charge is 0.324 e. The third-order valence-corrected chi connectivity index (χ3v) is 3.08. The van der Waals surface area contributed by atoms with Crippen molar-refractivity contribution in [2.24, 2.45) is 11.1 Å². The van der Waals surface area contributed by atoms with E-state index in [0.29, 0.717) is 5.69 Å². The van der Waals surface area contributed by atoms with E-state index < -0.39 is 0 Å². The molecule has 2 heteroatoms. The second kappa shape index (κ2) is 2.83. The topological polar surface area (TPSA) is 30.4 Å². The maximum Gasteiger partial charge on any atom is 0.187 e. The van der Waals surface area contributed by atoms with Gasteiger partial charge in [0.2, 0.25) is 0 Å². The molecule has 0 unspecified atom stereocenters. The normalized spacial score (nSPS) is 22.9. The van der Waals surface area contributed by atoms with Gasteiger partial charge in [-0.05, 0) is 23.0 Å². The lowest BCUT2D eigenvalue weighted by Gasteiger charge is -2.23. The first-order chi connectivity index (χ1) is 6.54. The van der Waals surface area contributed by atoms with Crippen LogP contribution in [0.2, 0.25) is 0 Å². The van der Waals surface area contributed by atoms with Gasteiger partial charge in [-0.25, -0.2) is 4.85 Å². The van der Waals surface area contributed by atoms with Gasteiger partial charge in [0, 0.05) is 6.04 Å². The van der Waals surface area contributed by atoms with Gasteiger partial charge in [-0.1, -0.05) is 32.0 Å². The number of fused-ring (bicyclic) bond motifs is 1. The molecule has 2 N–H and O–H groups in total. The predicted octanol–water partition coefficient (Wildman–Crippen LogP) is 2.82. The number of nitrogens with two attached hydrogens (primary N) is 1. The Morgan fingerprint density at radius 2 is 2.21 bits per heavy atom. The summed E-state index contributed by atoms with van der Waals surface area (Å²) in [7, 11) is 0. The summed E-state index contributed by atoms with van der Waals surface area (Å²) in [6.07, 6.45) is 1.02. The Bertz CT molecular complexity index is 413. The van der Waals surface area contributed by atoms with E-state index in [1.807, 2.05) is 18.2 Å². The standard InChI is InChI=1S/C12H14N2/c1-12(2)7-8-4-5-9(14-3)6-10(8)11(12)13/h4-6,11H,7,13H2,1-2H3/t11-/m1/s1. The fourth-order valence-electron chi connectivity index (χ4n) is 2.12. The Balaban J connectivity index is 2.52. The summed E-state index contributed by atoms with van der Waals surface area (Å²) < 4.78 is 0. The maximum atomic E-state index is 6.96. The summed E-state index contributed by atoms with van der Waals surface area (Å²) in [4.78, 5) is 3.42. The quantitative estimate of drug-likeness (QED) is 0.620. The zero-order valence-corrected chi connectivity index (χ0v) is 8.54. The van der Waals surface area contributed by atoms with Crippen molar-refractivity contribution in [3.8, 4) is 0 Å². The van der Waals surface area contributed by atoms with E-state index in [0.717, 1.165) is 12.0 Å². The first-order valence-corrected chi connectivity index (χ1v) is 4.80. The molecule has 0 heterocycles. The molecule has 0 aliphatic heterocycles. The highest BCUT2D eigenvalue weighted by Gasteiger charge is 2.36. The molecule has 2 rings (SSSR count). The molecule has 0 fully saturated rings. The van der Waals surface area contributed by atoms with Crippen LogP contribution in [-0.2, 0) is 6.42 Å². The summed E-state index contributed by atoms with van der Waals surface area (Å²) in [5, 5.41) is 0. The third kappa shape index (κ3) is 1.21. The van der Waals surface area contributed by atoms with Crippen molar-refractivity contribution >= 4 is 5.69 Å². The summed E-state index contributed by atoms with van der Waals surface area (Å²) in [6.45, 7) is 11.3. The smallest absolute Gasteiger partial charge is 0.187 e. The maximum absolute atomic E-state index is 6.96. The predicted molar refractivity (Wildman–Crippen MR) is 57.1 cm³/mol. The van der Waals surface area contributed by atoms with E-state index in [1.54, 1.807) is 0 Å². The molecule has 1 aliphatic carbocycles. The van der Waals surface area contributed by atoms with Crippen LogP contribution in [0.4, 0.5) is 5.69 Å². The number of hydrogen-bond donors (Lipinski definition) is 1. The number of rotatable bonds is 0. The molecular formula is C12H14N2. The lowest BCUT2D eigenvalue weighted by molar-refractivity contribution is 0.319. The highest BCUT2D eigenvalue weighted by molar-refractivity contribution is 5.52. The van der Waals surface area contributed by atoms with Crippen LogP contribution in [0.15, 0.2) is 18.2 Å². The van der Waals surface area contributed by atoms with E-state index in [1.165, 1.54) is 5.56 Å². The number of hydrogen-bond acceptors (Lipinski definition) is 1. The first-order valence-electron chi connectivity index (χ1n) is 4.80. The number of benzene rings is 1. The highest BCUT2D eigenvalue weighted by Crippen LogP contribution is 2.44. The third-order valence-electron chi connectivity index (χ3n) is 3.08. The molecule has 0 amide bonds. The zero-order valence-electron chi connectivity index (χ0n) is 8.54. The van der Waals surface area contributed by atoms with Crippen LogP contribution >= 0.6 is 0 Å². The van der Waals surface area contributed by atoms with Crippen molar-refractivity contribution in [2.75, 3.05) is 0 Å². The number of nitrogens with zero attached hydrogens (tertiary/aromatic N) is 1. The Hall–Kier alpha value is -1.33. The molecule has 2 nitrogen and oxygen atoms in total. The molecule has 1 atom stereocenters. The summed E-state index contributed by atoms with van der Waals surface area (Å²) in [5.41, 5.74) is 9.42. The molecule has 1 aliphatic rings. The van der Waals surface area contributed by atoms with Gasteiger partial charge in [0.1, 0.15) is 0 Å². The van der Waals surface area contributed by atoms with Gasteiger partial charge in [-0.2, -0.15) is 0 Å². The van der Waals surface area contributed by atoms with Crippen molar-refractivity contribution < 1.29 is 0 Å². The zero-order chi connectivity index (χ0) is 10.3. The molecular weight excluding hydrogens is 172 g/mol. The fraction of sp³-hybridized carbons (Fsp3) is 0.417. The monoisotopic (exact) mass is 186 g/mol. The summed E-state index contributed by atoms with van der Waals surface area (Å²) in [5.74, 6) is 0. The van der Waals surface area contributed by atoms with E-state index in [-0.39, 0.29) is 11.5 Å². The van der Waals surface area contributed by atoms with Gasteiger partial charge < -0.3 is 5.73 Å². The lowest BCUT2D eigenvalue weighted by atomic mass is 9.86. The van der Waals surface area contributed by atoms with Crippen LogP contribution in [0.1, 0.15) is 31.0 Å². The van der Waals surface area contributed by atoms with E-state index >= 15 is 0 Å². The molecule has 0 radical (unpaired) electrons. The molecule has 0 spiro atoms. The average Bonchev–Trinajstić information content (AvgIpc) is 2.38. The van der Waals surface area contributed by atoms with Crippen LogP contribution in [-0.4, -0.2) is 0 Å². The van der Waals surface area contributed by atoms with Crippen molar-refractivity contribution in [1.82, 2.24) is 0 Å². The SMILES string of the molecule is [C-]#[N+]c1ccc2c(c1)[C@@H](N)C(C)(C)C2. The second-order valence-electron chi connectivity index (χ2n) is 4.64. The Morgan fingerprint density at radius 1 is 1.50 bits per heavy atom. The van der Waals surface area contributed by atoms with Crippen LogP contribution in [0, 0.1) is 12.0 Å². The average molecular weight is 186 g/mol. The van der Waals surface area contributed by atoms with Gasteiger partial charge in [-0.15, -0.1) is 0 Å². The molecule has 0 aromatic heterocycles. The van der Waals surface area contributed by atoms with Crippen molar-refractivity contribution in [3.63, 3.8) is 0 Å². The molecule has 1 aromatic rings. The fourth-order valence-corrected chi connectivity index (χ4v) is 2.12. The molecule has 1 aromatic carbocycles. The Kier molecular flexibility index (Phi) is 1.87. The molecule has 0 saturated carbocycles. The second-order valence-corrected chi connectivity index (χ2v) is 4.64. The lowest BCUT2D eigenvalue weighted by Crippen LogP contribution is -2.24. The van der Waals surface area contributed by atoms with Gasteiger partial charge >= 0.3 is 0 Å². The van der Waals surface area contributed by atoms with Crippen LogP contribution in [0.25, 0.3) is 4.85 Å². The van der Waals surface area contributed by atoms with E-state index in [4.69, 9.17) is 12.3 Å². The molecule has 14 heavy (non-hydrogen) atoms. The Labute approximate surface area is 84.6 Å². The van der Waals surface area contributed by atoms with E-state index in [9.17, 15) is 0 Å². The van der Waals surface area contributed by atoms with Crippen molar-refractivity contribution in [1.29, 1.82) is 0 Å². The van der Waals surface area contributed by atoms with Gasteiger partial charge in [0.25, 0.3) is 0 Å². The van der Waals surface area contributed by atoms with Gasteiger partial charge in [0.15, 0.2) is 5.69 Å². The highest BCUT2D eigenvalue weighted by atomic mass is 14.7. The van der Waals surface area contributed by atoms with Gasteiger partial charge in [-0.3, -0.25) is 0 Å².